The predicted octanol–water partition coefficient (Wildman–Crippen LogP) is 2.01. The summed E-state index contributed by atoms with van der Waals surface area (Å²) in [4.78, 5) is 26.7. The quantitative estimate of drug-likeness (QED) is 0.792. The molecule has 1 unspecified atom stereocenters. The first-order valence-electron chi connectivity index (χ1n) is 8.14. The van der Waals surface area contributed by atoms with Crippen LogP contribution < -0.4 is 10.2 Å². The number of rotatable bonds is 3. The molecule has 3 heterocycles. The third-order valence-electron chi connectivity index (χ3n) is 4.41. The Balaban J connectivity index is 1.50. The lowest BCUT2D eigenvalue weighted by molar-refractivity contribution is -0.118. The van der Waals surface area contributed by atoms with Gasteiger partial charge in [0, 0.05) is 25.0 Å². The van der Waals surface area contributed by atoms with Crippen LogP contribution in [0.4, 0.5) is 5.82 Å². The molecule has 0 saturated carbocycles. The number of amides is 2. The molecule has 7 nitrogen and oxygen atoms in total. The number of aromatic nitrogens is 2. The number of nitrogens with one attached hydrogen (secondary N) is 1. The number of hydrogen-bond acceptors (Lipinski definition) is 4. The first-order valence-corrected chi connectivity index (χ1v) is 8.14. The van der Waals surface area contributed by atoms with Gasteiger partial charge in [-0.2, -0.15) is 5.10 Å². The Morgan fingerprint density at radius 2 is 2.12 bits per heavy atom. The van der Waals surface area contributed by atoms with Crippen LogP contribution in [0.15, 0.2) is 40.8 Å². The Labute approximate surface area is 144 Å². The molecule has 128 valence electrons. The SMILES string of the molecule is Cc1cc(N2CCC(NC(=O)c3cc4ccccc4o3)C2=O)n(C)n1. The second-order valence-corrected chi connectivity index (χ2v) is 6.22. The molecular formula is C18H18N4O3. The Bertz CT molecular complexity index is 939. The van der Waals surface area contributed by atoms with E-state index < -0.39 is 6.04 Å². The lowest BCUT2D eigenvalue weighted by Crippen LogP contribution is -2.41. The monoisotopic (exact) mass is 338 g/mol. The minimum Gasteiger partial charge on any atom is -0.451 e. The third kappa shape index (κ3) is 2.67. The lowest BCUT2D eigenvalue weighted by Gasteiger charge is -2.16. The fourth-order valence-electron chi connectivity index (χ4n) is 3.21. The van der Waals surface area contributed by atoms with Crippen LogP contribution >= 0.6 is 0 Å². The fourth-order valence-corrected chi connectivity index (χ4v) is 3.21. The Morgan fingerprint density at radius 3 is 2.84 bits per heavy atom. The largest absolute Gasteiger partial charge is 0.451 e. The van der Waals surface area contributed by atoms with Crippen molar-refractivity contribution in [1.29, 1.82) is 0 Å². The second-order valence-electron chi connectivity index (χ2n) is 6.22. The molecule has 1 N–H and O–H groups in total. The van der Waals surface area contributed by atoms with Crippen LogP contribution in [0.25, 0.3) is 11.0 Å². The standard InChI is InChI=1S/C18H18N4O3/c1-11-9-16(21(2)20-11)22-8-7-13(18(22)24)19-17(23)15-10-12-5-3-4-6-14(12)25-15/h3-6,9-10,13H,7-8H2,1-2H3,(H,19,23). The highest BCUT2D eigenvalue weighted by molar-refractivity contribution is 6.03. The Hall–Kier alpha value is -3.09. The second kappa shape index (κ2) is 5.77. The highest BCUT2D eigenvalue weighted by atomic mass is 16.3. The zero-order valence-electron chi connectivity index (χ0n) is 14.0. The summed E-state index contributed by atoms with van der Waals surface area (Å²) >= 11 is 0. The van der Waals surface area contributed by atoms with E-state index in [1.165, 1.54) is 0 Å². The van der Waals surface area contributed by atoms with Crippen LogP contribution in [0.1, 0.15) is 22.7 Å². The average Bonchev–Trinajstić information content (AvgIpc) is 3.25. The predicted molar refractivity (Wildman–Crippen MR) is 92.4 cm³/mol. The zero-order chi connectivity index (χ0) is 17.6. The number of furan rings is 1. The van der Waals surface area contributed by atoms with E-state index in [1.807, 2.05) is 31.2 Å². The van der Waals surface area contributed by atoms with Crippen LogP contribution in [0.5, 0.6) is 0 Å². The summed E-state index contributed by atoms with van der Waals surface area (Å²) in [6.45, 7) is 2.42. The molecule has 2 amide bonds. The minimum absolute atomic E-state index is 0.132. The normalized spacial score (nSPS) is 17.4. The van der Waals surface area contributed by atoms with Crippen molar-refractivity contribution in [2.75, 3.05) is 11.4 Å². The molecule has 3 aromatic rings. The van der Waals surface area contributed by atoms with Gasteiger partial charge in [-0.3, -0.25) is 19.2 Å². The van der Waals surface area contributed by atoms with Crippen LogP contribution in [-0.4, -0.2) is 34.2 Å². The highest BCUT2D eigenvalue weighted by Gasteiger charge is 2.35. The van der Waals surface area contributed by atoms with Gasteiger partial charge in [0.25, 0.3) is 11.8 Å². The minimum atomic E-state index is -0.559. The first-order chi connectivity index (χ1) is 12.0. The van der Waals surface area contributed by atoms with Crippen molar-refractivity contribution in [3.63, 3.8) is 0 Å². The number of carbonyl (C=O) groups excluding carboxylic acids is 2. The van der Waals surface area contributed by atoms with Crippen molar-refractivity contribution in [3.8, 4) is 0 Å². The molecule has 0 aliphatic carbocycles. The highest BCUT2D eigenvalue weighted by Crippen LogP contribution is 2.23. The molecule has 1 atom stereocenters. The fraction of sp³-hybridized carbons (Fsp3) is 0.278. The molecule has 1 fully saturated rings. The van der Waals surface area contributed by atoms with Crippen molar-refractivity contribution in [2.24, 2.45) is 7.05 Å². The van der Waals surface area contributed by atoms with E-state index in [0.717, 1.165) is 16.9 Å². The van der Waals surface area contributed by atoms with Crippen LogP contribution in [0.2, 0.25) is 0 Å². The van der Waals surface area contributed by atoms with Gasteiger partial charge in [-0.1, -0.05) is 18.2 Å². The van der Waals surface area contributed by atoms with Crippen molar-refractivity contribution in [1.82, 2.24) is 15.1 Å². The van der Waals surface area contributed by atoms with E-state index in [1.54, 1.807) is 28.8 Å². The maximum absolute atomic E-state index is 12.6. The summed E-state index contributed by atoms with van der Waals surface area (Å²) in [6.07, 6.45) is 0.551. The molecule has 0 spiro atoms. The molecule has 1 aromatic carbocycles. The number of anilines is 1. The van der Waals surface area contributed by atoms with Gasteiger partial charge in [-0.15, -0.1) is 0 Å². The summed E-state index contributed by atoms with van der Waals surface area (Å²) in [5.74, 6) is 0.442. The number of aryl methyl sites for hydroxylation is 2. The summed E-state index contributed by atoms with van der Waals surface area (Å²) in [5, 5.41) is 7.91. The molecule has 2 aromatic heterocycles. The van der Waals surface area contributed by atoms with Gasteiger partial charge in [0.1, 0.15) is 17.4 Å². The average molecular weight is 338 g/mol. The third-order valence-corrected chi connectivity index (χ3v) is 4.41. The van der Waals surface area contributed by atoms with E-state index >= 15 is 0 Å². The summed E-state index contributed by atoms with van der Waals surface area (Å²) < 4.78 is 7.24. The summed E-state index contributed by atoms with van der Waals surface area (Å²) in [6, 6.07) is 10.4. The molecule has 0 radical (unpaired) electrons. The van der Waals surface area contributed by atoms with E-state index in [0.29, 0.717) is 18.5 Å². The van der Waals surface area contributed by atoms with E-state index in [9.17, 15) is 9.59 Å². The number of nitrogens with zero attached hydrogens (tertiary/aromatic N) is 3. The van der Waals surface area contributed by atoms with Crippen LogP contribution in [0.3, 0.4) is 0 Å². The molecule has 1 aliphatic rings. The number of benzene rings is 1. The Morgan fingerprint density at radius 1 is 1.32 bits per heavy atom. The van der Waals surface area contributed by atoms with Gasteiger partial charge in [-0.05, 0) is 25.5 Å². The van der Waals surface area contributed by atoms with Gasteiger partial charge in [0.05, 0.1) is 5.69 Å². The smallest absolute Gasteiger partial charge is 0.287 e. The van der Waals surface area contributed by atoms with Crippen LogP contribution in [-0.2, 0) is 11.8 Å². The Kier molecular flexibility index (Phi) is 3.56. The number of para-hydroxylation sites is 1. The molecule has 1 saturated heterocycles. The van der Waals surface area contributed by atoms with Crippen molar-refractivity contribution < 1.29 is 14.0 Å². The topological polar surface area (TPSA) is 80.4 Å². The maximum Gasteiger partial charge on any atom is 0.287 e. The molecular weight excluding hydrogens is 320 g/mol. The van der Waals surface area contributed by atoms with Gasteiger partial charge >= 0.3 is 0 Å². The van der Waals surface area contributed by atoms with Crippen molar-refractivity contribution in [3.05, 3.63) is 47.9 Å². The zero-order valence-corrected chi connectivity index (χ0v) is 14.0. The van der Waals surface area contributed by atoms with Crippen molar-refractivity contribution >= 4 is 28.6 Å². The summed E-state index contributed by atoms with van der Waals surface area (Å²) in [7, 11) is 1.80. The first kappa shape index (κ1) is 15.4. The van der Waals surface area contributed by atoms with Crippen molar-refractivity contribution in [2.45, 2.75) is 19.4 Å². The van der Waals surface area contributed by atoms with E-state index in [-0.39, 0.29) is 17.6 Å². The van der Waals surface area contributed by atoms with Crippen LogP contribution in [0, 0.1) is 6.92 Å². The van der Waals surface area contributed by atoms with Gasteiger partial charge < -0.3 is 9.73 Å². The van der Waals surface area contributed by atoms with E-state index in [4.69, 9.17) is 4.42 Å². The number of fused-ring (bicyclic) bond motifs is 1. The lowest BCUT2D eigenvalue weighted by atomic mass is 10.2. The molecule has 4 rings (SSSR count). The van der Waals surface area contributed by atoms with E-state index in [2.05, 4.69) is 10.4 Å². The van der Waals surface area contributed by atoms with Gasteiger partial charge in [0.15, 0.2) is 5.76 Å². The van der Waals surface area contributed by atoms with Gasteiger partial charge in [0.2, 0.25) is 0 Å². The molecule has 0 bridgehead atoms. The van der Waals surface area contributed by atoms with Gasteiger partial charge in [-0.25, -0.2) is 0 Å². The molecule has 25 heavy (non-hydrogen) atoms. The number of hydrogen-bond donors (Lipinski definition) is 1. The summed E-state index contributed by atoms with van der Waals surface area (Å²) in [5.41, 5.74) is 1.50. The number of carbonyl (C=O) groups is 2. The molecule has 7 heteroatoms. The maximum atomic E-state index is 12.6. The molecule has 1 aliphatic heterocycles.